The number of hydrogen-bond acceptors (Lipinski definition) is 5. The van der Waals surface area contributed by atoms with E-state index >= 15 is 0 Å². The van der Waals surface area contributed by atoms with Gasteiger partial charge in [0, 0.05) is 18.7 Å². The van der Waals surface area contributed by atoms with E-state index in [1.54, 1.807) is 24.3 Å². The third-order valence-electron chi connectivity index (χ3n) is 6.01. The number of aryl methyl sites for hydroxylation is 1. The highest BCUT2D eigenvalue weighted by Gasteiger charge is 2.32. The summed E-state index contributed by atoms with van der Waals surface area (Å²) >= 11 is 0. The van der Waals surface area contributed by atoms with Crippen molar-refractivity contribution in [2.45, 2.75) is 59.2 Å². The summed E-state index contributed by atoms with van der Waals surface area (Å²) in [6.07, 6.45) is 2.20. The first-order chi connectivity index (χ1) is 16.5. The van der Waals surface area contributed by atoms with Gasteiger partial charge in [0.25, 0.3) is 0 Å². The molecule has 0 unspecified atom stereocenters. The van der Waals surface area contributed by atoms with E-state index in [9.17, 15) is 18.0 Å². The van der Waals surface area contributed by atoms with Crippen molar-refractivity contribution < 1.29 is 22.7 Å². The first kappa shape index (κ1) is 28.2. The van der Waals surface area contributed by atoms with Crippen LogP contribution in [0, 0.1) is 6.92 Å². The SMILES string of the molecule is CC[C@@H](C)NC(=O)[C@@H](CC)N(Cc1ccccc1C)C(=O)CN(c1cccc(OC)c1)S(C)(=O)=O. The second kappa shape index (κ2) is 12.6. The van der Waals surface area contributed by atoms with Crippen molar-refractivity contribution in [1.29, 1.82) is 0 Å². The molecule has 35 heavy (non-hydrogen) atoms. The molecule has 0 aromatic heterocycles. The van der Waals surface area contributed by atoms with E-state index in [1.165, 1.54) is 12.0 Å². The Labute approximate surface area is 209 Å². The molecule has 0 heterocycles. The molecule has 0 aliphatic rings. The molecule has 2 rings (SSSR count). The molecule has 0 aliphatic heterocycles. The van der Waals surface area contributed by atoms with E-state index in [0.717, 1.165) is 28.1 Å². The van der Waals surface area contributed by atoms with Crippen molar-refractivity contribution >= 4 is 27.5 Å². The Kier molecular flexibility index (Phi) is 10.1. The first-order valence-electron chi connectivity index (χ1n) is 11.8. The minimum Gasteiger partial charge on any atom is -0.497 e. The highest BCUT2D eigenvalue weighted by molar-refractivity contribution is 7.92. The number of benzene rings is 2. The summed E-state index contributed by atoms with van der Waals surface area (Å²) < 4.78 is 31.7. The van der Waals surface area contributed by atoms with Crippen molar-refractivity contribution in [3.63, 3.8) is 0 Å². The monoisotopic (exact) mass is 503 g/mol. The van der Waals surface area contributed by atoms with Gasteiger partial charge in [0.2, 0.25) is 21.8 Å². The number of anilines is 1. The van der Waals surface area contributed by atoms with Gasteiger partial charge < -0.3 is 15.0 Å². The van der Waals surface area contributed by atoms with E-state index in [2.05, 4.69) is 5.32 Å². The van der Waals surface area contributed by atoms with Crippen LogP contribution < -0.4 is 14.4 Å². The maximum absolute atomic E-state index is 13.7. The van der Waals surface area contributed by atoms with Crippen LogP contribution in [0.5, 0.6) is 5.75 Å². The molecule has 0 fully saturated rings. The number of methoxy groups -OCH3 is 1. The van der Waals surface area contributed by atoms with Crippen molar-refractivity contribution in [1.82, 2.24) is 10.2 Å². The van der Waals surface area contributed by atoms with E-state index in [0.29, 0.717) is 17.9 Å². The van der Waals surface area contributed by atoms with Crippen molar-refractivity contribution in [2.75, 3.05) is 24.2 Å². The average Bonchev–Trinajstić information content (AvgIpc) is 2.82. The third kappa shape index (κ3) is 7.71. The Morgan fingerprint density at radius 2 is 1.74 bits per heavy atom. The largest absolute Gasteiger partial charge is 0.497 e. The molecule has 9 heteroatoms. The van der Waals surface area contributed by atoms with Crippen molar-refractivity contribution in [3.8, 4) is 5.75 Å². The zero-order chi connectivity index (χ0) is 26.2. The van der Waals surface area contributed by atoms with E-state index in [4.69, 9.17) is 4.74 Å². The second-order valence-electron chi connectivity index (χ2n) is 8.66. The molecule has 8 nitrogen and oxygen atoms in total. The maximum Gasteiger partial charge on any atom is 0.244 e. The van der Waals surface area contributed by atoms with Gasteiger partial charge in [-0.05, 0) is 49.9 Å². The molecule has 2 aromatic rings. The summed E-state index contributed by atoms with van der Waals surface area (Å²) in [4.78, 5) is 28.3. The molecule has 1 N–H and O–H groups in total. The van der Waals surface area contributed by atoms with Gasteiger partial charge in [0.1, 0.15) is 18.3 Å². The normalized spacial score (nSPS) is 13.0. The summed E-state index contributed by atoms with van der Waals surface area (Å²) in [5.41, 5.74) is 2.19. The van der Waals surface area contributed by atoms with Gasteiger partial charge in [-0.15, -0.1) is 0 Å². The highest BCUT2D eigenvalue weighted by atomic mass is 32.2. The molecular weight excluding hydrogens is 466 g/mol. The molecule has 0 saturated carbocycles. The molecule has 0 bridgehead atoms. The number of rotatable bonds is 12. The molecule has 0 radical (unpaired) electrons. The van der Waals surface area contributed by atoms with Crippen LogP contribution in [0.2, 0.25) is 0 Å². The number of carbonyl (C=O) groups excluding carboxylic acids is 2. The molecule has 0 saturated heterocycles. The van der Waals surface area contributed by atoms with E-state index < -0.39 is 28.5 Å². The van der Waals surface area contributed by atoms with Crippen LogP contribution >= 0.6 is 0 Å². The minimum absolute atomic E-state index is 0.0451. The number of hydrogen-bond donors (Lipinski definition) is 1. The number of amides is 2. The summed E-state index contributed by atoms with van der Waals surface area (Å²) in [6.45, 7) is 7.41. The predicted octanol–water partition coefficient (Wildman–Crippen LogP) is 3.49. The lowest BCUT2D eigenvalue weighted by Crippen LogP contribution is -2.53. The molecule has 2 atom stereocenters. The zero-order valence-electron chi connectivity index (χ0n) is 21.4. The molecule has 192 valence electrons. The fraction of sp³-hybridized carbons (Fsp3) is 0.462. The topological polar surface area (TPSA) is 96.0 Å². The van der Waals surface area contributed by atoms with Gasteiger partial charge in [-0.2, -0.15) is 0 Å². The molecule has 0 spiro atoms. The predicted molar refractivity (Wildman–Crippen MR) is 139 cm³/mol. The van der Waals surface area contributed by atoms with E-state index in [1.807, 2.05) is 52.0 Å². The van der Waals surface area contributed by atoms with Crippen LogP contribution in [-0.4, -0.2) is 57.1 Å². The van der Waals surface area contributed by atoms with Crippen LogP contribution in [0.25, 0.3) is 0 Å². The first-order valence-corrected chi connectivity index (χ1v) is 13.6. The number of nitrogens with zero attached hydrogens (tertiary/aromatic N) is 2. The van der Waals surface area contributed by atoms with Gasteiger partial charge >= 0.3 is 0 Å². The van der Waals surface area contributed by atoms with Crippen molar-refractivity contribution in [2.24, 2.45) is 0 Å². The highest BCUT2D eigenvalue weighted by Crippen LogP contribution is 2.24. The summed E-state index contributed by atoms with van der Waals surface area (Å²) in [5.74, 6) is -0.247. The third-order valence-corrected chi connectivity index (χ3v) is 7.15. The van der Waals surface area contributed by atoms with Crippen LogP contribution in [0.4, 0.5) is 5.69 Å². The smallest absolute Gasteiger partial charge is 0.244 e. The molecule has 2 aromatic carbocycles. The Hall–Kier alpha value is -3.07. The van der Waals surface area contributed by atoms with Gasteiger partial charge in [0.05, 0.1) is 19.1 Å². The average molecular weight is 504 g/mol. The van der Waals surface area contributed by atoms with Gasteiger partial charge in [0.15, 0.2) is 0 Å². The number of ether oxygens (including phenoxy) is 1. The Bertz CT molecular complexity index is 1120. The fourth-order valence-corrected chi connectivity index (χ4v) is 4.55. The minimum atomic E-state index is -3.80. The number of sulfonamides is 1. The summed E-state index contributed by atoms with van der Waals surface area (Å²) in [6, 6.07) is 13.4. The summed E-state index contributed by atoms with van der Waals surface area (Å²) in [5, 5.41) is 2.97. The number of nitrogens with one attached hydrogen (secondary N) is 1. The standard InChI is InChI=1S/C26H37N3O5S/c1-7-20(4)27-26(31)24(8-2)28(17-21-13-10-9-12-19(21)3)25(30)18-29(35(6,32)33)22-14-11-15-23(16-22)34-5/h9-16,20,24H,7-8,17-18H2,1-6H3,(H,27,31)/t20-,24-/m1/s1. The Morgan fingerprint density at radius 1 is 1.06 bits per heavy atom. The van der Waals surface area contributed by atoms with Crippen LogP contribution in [0.15, 0.2) is 48.5 Å². The molecule has 2 amide bonds. The second-order valence-corrected chi connectivity index (χ2v) is 10.6. The maximum atomic E-state index is 13.7. The number of carbonyl (C=O) groups is 2. The van der Waals surface area contributed by atoms with Crippen LogP contribution in [0.1, 0.15) is 44.7 Å². The fourth-order valence-electron chi connectivity index (χ4n) is 3.71. The van der Waals surface area contributed by atoms with Gasteiger partial charge in [-0.1, -0.05) is 44.2 Å². The van der Waals surface area contributed by atoms with Crippen molar-refractivity contribution in [3.05, 3.63) is 59.7 Å². The molecule has 0 aliphatic carbocycles. The van der Waals surface area contributed by atoms with Crippen LogP contribution in [-0.2, 0) is 26.2 Å². The lowest BCUT2D eigenvalue weighted by atomic mass is 10.1. The lowest BCUT2D eigenvalue weighted by molar-refractivity contribution is -0.140. The van der Waals surface area contributed by atoms with E-state index in [-0.39, 0.29) is 18.5 Å². The zero-order valence-corrected chi connectivity index (χ0v) is 22.3. The van der Waals surface area contributed by atoms with Gasteiger partial charge in [-0.25, -0.2) is 8.42 Å². The van der Waals surface area contributed by atoms with Gasteiger partial charge in [-0.3, -0.25) is 13.9 Å². The lowest BCUT2D eigenvalue weighted by Gasteiger charge is -2.33. The quantitative estimate of drug-likeness (QED) is 0.478. The Morgan fingerprint density at radius 3 is 2.31 bits per heavy atom. The molecular formula is C26H37N3O5S. The summed E-state index contributed by atoms with van der Waals surface area (Å²) in [7, 11) is -2.31. The Balaban J connectivity index is 2.46. The van der Waals surface area contributed by atoms with Crippen LogP contribution in [0.3, 0.4) is 0 Å².